The summed E-state index contributed by atoms with van der Waals surface area (Å²) in [5.74, 6) is 1.94. The van der Waals surface area contributed by atoms with Crippen LogP contribution < -0.4 is 0 Å². The molecule has 1 aliphatic rings. The molecule has 0 aliphatic carbocycles. The quantitative estimate of drug-likeness (QED) is 0.735. The molecule has 0 N–H and O–H groups in total. The monoisotopic (exact) mass is 283 g/mol. The van der Waals surface area contributed by atoms with E-state index in [2.05, 4.69) is 15.3 Å². The van der Waals surface area contributed by atoms with Crippen LogP contribution in [0.1, 0.15) is 18.2 Å². The molecule has 106 valence electrons. The van der Waals surface area contributed by atoms with E-state index in [1.165, 1.54) is 0 Å². The van der Waals surface area contributed by atoms with Gasteiger partial charge in [-0.15, -0.1) is 0 Å². The molecular weight excluding hydrogens is 270 g/mol. The second kappa shape index (κ2) is 5.14. The minimum absolute atomic E-state index is 0.211. The van der Waals surface area contributed by atoms with E-state index >= 15 is 0 Å². The van der Waals surface area contributed by atoms with Gasteiger partial charge >= 0.3 is 0 Å². The van der Waals surface area contributed by atoms with Gasteiger partial charge in [-0.2, -0.15) is 4.98 Å². The van der Waals surface area contributed by atoms with Gasteiger partial charge in [0.25, 0.3) is 5.89 Å². The molecular formula is C15H13N3O3. The fourth-order valence-electron chi connectivity index (χ4n) is 2.36. The van der Waals surface area contributed by atoms with E-state index in [0.29, 0.717) is 29.8 Å². The molecule has 0 radical (unpaired) electrons. The summed E-state index contributed by atoms with van der Waals surface area (Å²) >= 11 is 0. The van der Waals surface area contributed by atoms with Crippen LogP contribution in [0.15, 0.2) is 45.4 Å². The molecule has 6 nitrogen and oxygen atoms in total. The van der Waals surface area contributed by atoms with Crippen molar-refractivity contribution in [3.05, 3.63) is 42.2 Å². The predicted octanol–water partition coefficient (Wildman–Crippen LogP) is 2.90. The maximum absolute atomic E-state index is 5.34. The van der Waals surface area contributed by atoms with Crippen molar-refractivity contribution in [2.75, 3.05) is 13.2 Å². The summed E-state index contributed by atoms with van der Waals surface area (Å²) in [6.07, 6.45) is 0.924. The average molecular weight is 283 g/mol. The third kappa shape index (κ3) is 2.34. The molecule has 1 saturated heterocycles. The normalized spacial score (nSPS) is 18.2. The number of nitrogens with zero attached hydrogens (tertiary/aromatic N) is 3. The Morgan fingerprint density at radius 3 is 2.76 bits per heavy atom. The lowest BCUT2D eigenvalue weighted by molar-refractivity contribution is 0.192. The van der Waals surface area contributed by atoms with E-state index in [9.17, 15) is 0 Å². The summed E-state index contributed by atoms with van der Waals surface area (Å²) in [5.41, 5.74) is 1.51. The first-order chi connectivity index (χ1) is 10.4. The zero-order valence-electron chi connectivity index (χ0n) is 11.2. The molecule has 2 aromatic heterocycles. The highest BCUT2D eigenvalue weighted by atomic mass is 16.5. The van der Waals surface area contributed by atoms with Crippen molar-refractivity contribution >= 4 is 0 Å². The van der Waals surface area contributed by atoms with Crippen LogP contribution in [0.4, 0.5) is 0 Å². The molecule has 21 heavy (non-hydrogen) atoms. The van der Waals surface area contributed by atoms with E-state index in [0.717, 1.165) is 18.6 Å². The van der Waals surface area contributed by atoms with Gasteiger partial charge in [0.1, 0.15) is 0 Å². The van der Waals surface area contributed by atoms with Gasteiger partial charge in [-0.1, -0.05) is 40.6 Å². The lowest BCUT2D eigenvalue weighted by Gasteiger charge is -1.97. The van der Waals surface area contributed by atoms with Crippen molar-refractivity contribution in [2.24, 2.45) is 0 Å². The summed E-state index contributed by atoms with van der Waals surface area (Å²) in [4.78, 5) is 4.39. The number of aromatic nitrogens is 3. The molecule has 3 aromatic rings. The van der Waals surface area contributed by atoms with Gasteiger partial charge in [0.05, 0.1) is 6.61 Å². The Bertz CT molecular complexity index is 729. The van der Waals surface area contributed by atoms with Crippen molar-refractivity contribution in [3.63, 3.8) is 0 Å². The van der Waals surface area contributed by atoms with Gasteiger partial charge in [0, 0.05) is 24.2 Å². The van der Waals surface area contributed by atoms with E-state index < -0.39 is 0 Å². The Labute approximate surface area is 120 Å². The first-order valence-corrected chi connectivity index (χ1v) is 6.84. The fourth-order valence-corrected chi connectivity index (χ4v) is 2.36. The van der Waals surface area contributed by atoms with Gasteiger partial charge in [-0.3, -0.25) is 0 Å². The van der Waals surface area contributed by atoms with Gasteiger partial charge in [0.2, 0.25) is 0 Å². The van der Waals surface area contributed by atoms with Gasteiger partial charge in [0.15, 0.2) is 17.3 Å². The van der Waals surface area contributed by atoms with Crippen molar-refractivity contribution < 1.29 is 13.8 Å². The Morgan fingerprint density at radius 1 is 1.05 bits per heavy atom. The molecule has 0 amide bonds. The number of rotatable bonds is 3. The molecule has 0 bridgehead atoms. The highest BCUT2D eigenvalue weighted by Gasteiger charge is 2.24. The molecule has 4 rings (SSSR count). The Morgan fingerprint density at radius 2 is 1.95 bits per heavy atom. The largest absolute Gasteiger partial charge is 0.381 e. The topological polar surface area (TPSA) is 74.2 Å². The SMILES string of the molecule is c1ccc(-c2cc(-c3nc([C@@H]4CCOC4)no3)no2)cc1. The molecule has 6 heteroatoms. The standard InChI is InChI=1S/C15H13N3O3/c1-2-4-10(5-3-1)13-8-12(17-20-13)15-16-14(18-21-15)11-6-7-19-9-11/h1-5,8,11H,6-7,9H2/t11-/m1/s1. The minimum atomic E-state index is 0.211. The lowest BCUT2D eigenvalue weighted by atomic mass is 10.1. The lowest BCUT2D eigenvalue weighted by Crippen LogP contribution is -1.99. The van der Waals surface area contributed by atoms with Crippen LogP contribution in [0, 0.1) is 0 Å². The molecule has 1 aliphatic heterocycles. The van der Waals surface area contributed by atoms with Crippen LogP contribution in [0.2, 0.25) is 0 Å². The van der Waals surface area contributed by atoms with Crippen molar-refractivity contribution in [1.82, 2.24) is 15.3 Å². The second-order valence-electron chi connectivity index (χ2n) is 4.96. The molecule has 0 unspecified atom stereocenters. The summed E-state index contributed by atoms with van der Waals surface area (Å²) in [6.45, 7) is 1.39. The molecule has 1 aromatic carbocycles. The maximum atomic E-state index is 5.34. The van der Waals surface area contributed by atoms with Crippen LogP contribution in [-0.4, -0.2) is 28.5 Å². The second-order valence-corrected chi connectivity index (χ2v) is 4.96. The summed E-state index contributed by atoms with van der Waals surface area (Å²) in [6, 6.07) is 11.6. The molecule has 1 atom stereocenters. The third-order valence-corrected chi connectivity index (χ3v) is 3.52. The Hall–Kier alpha value is -2.47. The smallest absolute Gasteiger partial charge is 0.280 e. The molecule has 0 saturated carbocycles. The van der Waals surface area contributed by atoms with Crippen LogP contribution in [0.25, 0.3) is 22.9 Å². The Kier molecular flexibility index (Phi) is 3.01. The van der Waals surface area contributed by atoms with Crippen molar-refractivity contribution in [2.45, 2.75) is 12.3 Å². The van der Waals surface area contributed by atoms with Crippen molar-refractivity contribution in [3.8, 4) is 22.9 Å². The van der Waals surface area contributed by atoms with Crippen LogP contribution >= 0.6 is 0 Å². The highest BCUT2D eigenvalue weighted by Crippen LogP contribution is 2.27. The summed E-state index contributed by atoms with van der Waals surface area (Å²) in [5, 5.41) is 8.01. The number of hydrogen-bond donors (Lipinski definition) is 0. The third-order valence-electron chi connectivity index (χ3n) is 3.52. The van der Waals surface area contributed by atoms with E-state index in [1.807, 2.05) is 30.3 Å². The van der Waals surface area contributed by atoms with Gasteiger partial charge in [-0.05, 0) is 6.42 Å². The van der Waals surface area contributed by atoms with E-state index in [4.69, 9.17) is 13.8 Å². The van der Waals surface area contributed by atoms with Crippen LogP contribution in [-0.2, 0) is 4.74 Å². The summed E-state index contributed by atoms with van der Waals surface area (Å²) < 4.78 is 15.9. The van der Waals surface area contributed by atoms with Gasteiger partial charge < -0.3 is 13.8 Å². The highest BCUT2D eigenvalue weighted by molar-refractivity contribution is 5.62. The fraction of sp³-hybridized carbons (Fsp3) is 0.267. The summed E-state index contributed by atoms with van der Waals surface area (Å²) in [7, 11) is 0. The average Bonchev–Trinajstić information content (AvgIpc) is 3.27. The minimum Gasteiger partial charge on any atom is -0.381 e. The number of hydrogen-bond acceptors (Lipinski definition) is 6. The first-order valence-electron chi connectivity index (χ1n) is 6.84. The molecule has 0 spiro atoms. The zero-order valence-corrected chi connectivity index (χ0v) is 11.2. The zero-order chi connectivity index (χ0) is 14.1. The van der Waals surface area contributed by atoms with E-state index in [-0.39, 0.29) is 5.92 Å². The molecule has 3 heterocycles. The van der Waals surface area contributed by atoms with Gasteiger partial charge in [-0.25, -0.2) is 0 Å². The van der Waals surface area contributed by atoms with Crippen molar-refractivity contribution in [1.29, 1.82) is 0 Å². The predicted molar refractivity (Wildman–Crippen MR) is 73.4 cm³/mol. The first kappa shape index (κ1) is 12.3. The number of ether oxygens (including phenoxy) is 1. The maximum Gasteiger partial charge on any atom is 0.280 e. The number of benzene rings is 1. The molecule has 1 fully saturated rings. The van der Waals surface area contributed by atoms with E-state index in [1.54, 1.807) is 6.07 Å². The van der Waals surface area contributed by atoms with Crippen LogP contribution in [0.3, 0.4) is 0 Å². The Balaban J connectivity index is 1.61. The van der Waals surface area contributed by atoms with Crippen LogP contribution in [0.5, 0.6) is 0 Å².